The lowest BCUT2D eigenvalue weighted by atomic mass is 9.85. The number of ether oxygens (including phenoxy) is 1. The number of H-pyrrole nitrogens is 1. The van der Waals surface area contributed by atoms with E-state index in [0.29, 0.717) is 23.6 Å². The molecule has 1 atom stereocenters. The van der Waals surface area contributed by atoms with Crippen LogP contribution in [0.2, 0.25) is 0 Å². The Morgan fingerprint density at radius 1 is 1.11 bits per heavy atom. The largest absolute Gasteiger partial charge is 0.376 e. The highest BCUT2D eigenvalue weighted by molar-refractivity contribution is 5.95. The number of pyridine rings is 1. The van der Waals surface area contributed by atoms with Crippen LogP contribution in [-0.4, -0.2) is 41.6 Å². The van der Waals surface area contributed by atoms with Crippen LogP contribution in [0.4, 0.5) is 0 Å². The van der Waals surface area contributed by atoms with E-state index in [9.17, 15) is 9.59 Å². The van der Waals surface area contributed by atoms with Gasteiger partial charge in [-0.3, -0.25) is 9.59 Å². The summed E-state index contributed by atoms with van der Waals surface area (Å²) in [4.78, 5) is 30.0. The number of aromatic amines is 1. The Labute approximate surface area is 159 Å². The zero-order chi connectivity index (χ0) is 18.6. The number of carbonyl (C=O) groups excluding carboxylic acids is 1. The Kier molecular flexibility index (Phi) is 5.39. The van der Waals surface area contributed by atoms with Crippen molar-refractivity contribution in [3.05, 3.63) is 58.5 Å². The number of hydrogen-bond donors (Lipinski definition) is 1. The van der Waals surface area contributed by atoms with Crippen molar-refractivity contribution in [1.82, 2.24) is 9.88 Å². The predicted molar refractivity (Wildman–Crippen MR) is 105 cm³/mol. The van der Waals surface area contributed by atoms with Gasteiger partial charge in [-0.1, -0.05) is 18.6 Å². The van der Waals surface area contributed by atoms with Crippen LogP contribution in [0, 0.1) is 5.92 Å². The van der Waals surface area contributed by atoms with Crippen molar-refractivity contribution in [3.63, 3.8) is 0 Å². The van der Waals surface area contributed by atoms with E-state index in [1.807, 2.05) is 29.2 Å². The normalized spacial score (nSPS) is 19.6. The zero-order valence-electron chi connectivity index (χ0n) is 15.5. The van der Waals surface area contributed by atoms with E-state index >= 15 is 0 Å². The molecule has 2 heterocycles. The second kappa shape index (κ2) is 8.09. The quantitative estimate of drug-likeness (QED) is 0.852. The first-order valence-electron chi connectivity index (χ1n) is 9.90. The highest BCUT2D eigenvalue weighted by atomic mass is 16.5. The molecule has 5 nitrogen and oxygen atoms in total. The molecule has 0 bridgehead atoms. The summed E-state index contributed by atoms with van der Waals surface area (Å²) in [5.74, 6) is 0.641. The van der Waals surface area contributed by atoms with Gasteiger partial charge in [0, 0.05) is 37.0 Å². The van der Waals surface area contributed by atoms with Gasteiger partial charge in [0.05, 0.1) is 6.10 Å². The van der Waals surface area contributed by atoms with Crippen molar-refractivity contribution in [1.29, 1.82) is 0 Å². The summed E-state index contributed by atoms with van der Waals surface area (Å²) in [6.45, 7) is 2.25. The molecule has 1 amide bonds. The molecule has 142 valence electrons. The van der Waals surface area contributed by atoms with E-state index in [1.54, 1.807) is 18.3 Å². The first-order valence-corrected chi connectivity index (χ1v) is 9.90. The Balaban J connectivity index is 1.57. The van der Waals surface area contributed by atoms with Gasteiger partial charge in [0.2, 0.25) is 0 Å². The topological polar surface area (TPSA) is 62.4 Å². The number of hydrogen-bond acceptors (Lipinski definition) is 3. The third-order valence-electron chi connectivity index (χ3n) is 5.68. The van der Waals surface area contributed by atoms with Crippen molar-refractivity contribution in [3.8, 4) is 11.1 Å². The van der Waals surface area contributed by atoms with Crippen molar-refractivity contribution in [2.24, 2.45) is 5.92 Å². The SMILES string of the molecule is O=C(c1cccc(-c2ccc[nH]c2=O)c1)N(CC1CCC1)C[C@H]1CCCO1. The fourth-order valence-corrected chi connectivity index (χ4v) is 3.91. The van der Waals surface area contributed by atoms with Crippen molar-refractivity contribution < 1.29 is 9.53 Å². The van der Waals surface area contributed by atoms with Crippen LogP contribution in [0.25, 0.3) is 11.1 Å². The number of carbonyl (C=O) groups is 1. The number of aromatic nitrogens is 1. The molecule has 1 aromatic heterocycles. The molecule has 2 fully saturated rings. The Bertz CT molecular complexity index is 850. The van der Waals surface area contributed by atoms with Crippen LogP contribution < -0.4 is 5.56 Å². The highest BCUT2D eigenvalue weighted by Gasteiger charge is 2.28. The number of nitrogens with one attached hydrogen (secondary N) is 1. The Morgan fingerprint density at radius 3 is 2.70 bits per heavy atom. The molecule has 0 radical (unpaired) electrons. The molecule has 1 aliphatic heterocycles. The van der Waals surface area contributed by atoms with Gasteiger partial charge in [-0.15, -0.1) is 0 Å². The van der Waals surface area contributed by atoms with Gasteiger partial charge in [-0.25, -0.2) is 0 Å². The lowest BCUT2D eigenvalue weighted by molar-refractivity contribution is 0.0448. The average molecular weight is 366 g/mol. The van der Waals surface area contributed by atoms with E-state index in [-0.39, 0.29) is 17.6 Å². The third-order valence-corrected chi connectivity index (χ3v) is 5.68. The first-order chi connectivity index (χ1) is 13.2. The third kappa shape index (κ3) is 4.14. The molecule has 1 saturated carbocycles. The minimum atomic E-state index is -0.146. The van der Waals surface area contributed by atoms with Gasteiger partial charge >= 0.3 is 0 Å². The van der Waals surface area contributed by atoms with E-state index in [2.05, 4.69) is 4.98 Å². The summed E-state index contributed by atoms with van der Waals surface area (Å²) in [5, 5.41) is 0. The first kappa shape index (κ1) is 18.0. The van der Waals surface area contributed by atoms with Crippen LogP contribution in [-0.2, 0) is 4.74 Å². The molecule has 1 saturated heterocycles. The Morgan fingerprint density at radius 2 is 2.00 bits per heavy atom. The number of benzene rings is 1. The molecule has 5 heteroatoms. The van der Waals surface area contributed by atoms with E-state index in [1.165, 1.54) is 19.3 Å². The minimum Gasteiger partial charge on any atom is -0.376 e. The second-order valence-electron chi connectivity index (χ2n) is 7.64. The van der Waals surface area contributed by atoms with Crippen LogP contribution in [0.5, 0.6) is 0 Å². The molecule has 0 spiro atoms. The van der Waals surface area contributed by atoms with Crippen LogP contribution in [0.15, 0.2) is 47.4 Å². The maximum Gasteiger partial charge on any atom is 0.255 e. The lowest BCUT2D eigenvalue weighted by Gasteiger charge is -2.33. The second-order valence-corrected chi connectivity index (χ2v) is 7.64. The maximum absolute atomic E-state index is 13.3. The molecule has 1 aliphatic carbocycles. The lowest BCUT2D eigenvalue weighted by Crippen LogP contribution is -2.41. The Hall–Kier alpha value is -2.40. The fourth-order valence-electron chi connectivity index (χ4n) is 3.91. The molecule has 1 N–H and O–H groups in total. The predicted octanol–water partition coefficient (Wildman–Crippen LogP) is 3.46. The molecule has 2 aliphatic rings. The summed E-state index contributed by atoms with van der Waals surface area (Å²) < 4.78 is 5.77. The molecule has 4 rings (SSSR count). The van der Waals surface area contributed by atoms with E-state index in [4.69, 9.17) is 4.74 Å². The molecular weight excluding hydrogens is 340 g/mol. The average Bonchev–Trinajstić information content (AvgIpc) is 3.16. The van der Waals surface area contributed by atoms with Crippen molar-refractivity contribution >= 4 is 5.91 Å². The summed E-state index contributed by atoms with van der Waals surface area (Å²) in [6.07, 6.45) is 7.52. The minimum absolute atomic E-state index is 0.0339. The number of nitrogens with zero attached hydrogens (tertiary/aromatic N) is 1. The summed E-state index contributed by atoms with van der Waals surface area (Å²) in [5.41, 5.74) is 1.83. The summed E-state index contributed by atoms with van der Waals surface area (Å²) >= 11 is 0. The summed E-state index contributed by atoms with van der Waals surface area (Å²) in [6, 6.07) is 11.0. The fraction of sp³-hybridized carbons (Fsp3) is 0.455. The van der Waals surface area contributed by atoms with Gasteiger partial charge < -0.3 is 14.6 Å². The standard InChI is InChI=1S/C22H26N2O3/c25-21-20(10-3-11-23-21)17-7-2-8-18(13-17)22(26)24(14-16-5-1-6-16)15-19-9-4-12-27-19/h2-3,7-8,10-11,13,16,19H,1,4-6,9,12,14-15H2,(H,23,25)/t19-/m1/s1. The molecular formula is C22H26N2O3. The molecule has 27 heavy (non-hydrogen) atoms. The van der Waals surface area contributed by atoms with Crippen molar-refractivity contribution in [2.75, 3.05) is 19.7 Å². The van der Waals surface area contributed by atoms with Gasteiger partial charge in [0.25, 0.3) is 11.5 Å². The van der Waals surface area contributed by atoms with E-state index < -0.39 is 0 Å². The van der Waals surface area contributed by atoms with Crippen molar-refractivity contribution in [2.45, 2.75) is 38.2 Å². The molecule has 2 aromatic rings. The monoisotopic (exact) mass is 366 g/mol. The highest BCUT2D eigenvalue weighted by Crippen LogP contribution is 2.28. The number of amides is 1. The van der Waals surface area contributed by atoms with Crippen LogP contribution >= 0.6 is 0 Å². The molecule has 0 unspecified atom stereocenters. The van der Waals surface area contributed by atoms with Crippen LogP contribution in [0.1, 0.15) is 42.5 Å². The maximum atomic E-state index is 13.3. The summed E-state index contributed by atoms with van der Waals surface area (Å²) in [7, 11) is 0. The number of rotatable bonds is 6. The molecule has 1 aromatic carbocycles. The van der Waals surface area contributed by atoms with Gasteiger partial charge in [0.1, 0.15) is 0 Å². The van der Waals surface area contributed by atoms with Gasteiger partial charge in [-0.05, 0) is 61.4 Å². The van der Waals surface area contributed by atoms with Crippen LogP contribution in [0.3, 0.4) is 0 Å². The zero-order valence-corrected chi connectivity index (χ0v) is 15.5. The van der Waals surface area contributed by atoms with Gasteiger partial charge in [0.15, 0.2) is 0 Å². The smallest absolute Gasteiger partial charge is 0.255 e. The van der Waals surface area contributed by atoms with E-state index in [0.717, 1.165) is 31.6 Å². The van der Waals surface area contributed by atoms with Gasteiger partial charge in [-0.2, -0.15) is 0 Å².